The Balaban J connectivity index is 2.72. The van der Waals surface area contributed by atoms with Crippen molar-refractivity contribution in [2.45, 2.75) is 38.9 Å². The molecule has 22 heavy (non-hydrogen) atoms. The van der Waals surface area contributed by atoms with E-state index in [1.54, 1.807) is 30.3 Å². The molecule has 0 radical (unpaired) electrons. The lowest BCUT2D eigenvalue weighted by molar-refractivity contribution is -0.213. The summed E-state index contributed by atoms with van der Waals surface area (Å²) in [6.45, 7) is 1.80. The highest BCUT2D eigenvalue weighted by Crippen LogP contribution is 2.40. The average Bonchev–Trinajstić information content (AvgIpc) is 2.37. The summed E-state index contributed by atoms with van der Waals surface area (Å²) in [5.74, 6) is -2.23. The van der Waals surface area contributed by atoms with Gasteiger partial charge in [-0.15, -0.1) is 0 Å². The van der Waals surface area contributed by atoms with Crippen LogP contribution in [0.15, 0.2) is 30.3 Å². The minimum atomic E-state index is -4.54. The largest absolute Gasteiger partial charge is 0.480 e. The molecule has 7 heteroatoms. The van der Waals surface area contributed by atoms with Gasteiger partial charge in [0.25, 0.3) is 0 Å². The number of hydrogen-bond acceptors (Lipinski definition) is 2. The minimum absolute atomic E-state index is 0.00829. The summed E-state index contributed by atoms with van der Waals surface area (Å²) in [7, 11) is 0. The number of aliphatic carboxylic acids is 1. The molecule has 0 saturated carbocycles. The van der Waals surface area contributed by atoms with E-state index in [0.29, 0.717) is 5.56 Å². The molecule has 0 aliphatic heterocycles. The number of benzene rings is 1. The van der Waals surface area contributed by atoms with Gasteiger partial charge in [-0.25, -0.2) is 4.79 Å². The molecule has 0 heterocycles. The van der Waals surface area contributed by atoms with Gasteiger partial charge in [0.05, 0.1) is 5.41 Å². The van der Waals surface area contributed by atoms with Gasteiger partial charge in [0.1, 0.15) is 6.04 Å². The molecular weight excluding hydrogens is 299 g/mol. The molecule has 1 aromatic carbocycles. The van der Waals surface area contributed by atoms with Crippen LogP contribution < -0.4 is 5.32 Å². The molecule has 2 N–H and O–H groups in total. The van der Waals surface area contributed by atoms with E-state index in [1.807, 2.05) is 0 Å². The fourth-order valence-corrected chi connectivity index (χ4v) is 1.80. The highest BCUT2D eigenvalue weighted by molar-refractivity contribution is 5.84. The zero-order valence-electron chi connectivity index (χ0n) is 12.3. The monoisotopic (exact) mass is 317 g/mol. The van der Waals surface area contributed by atoms with Gasteiger partial charge < -0.3 is 10.4 Å². The number of carboxylic acid groups (broad SMARTS) is 1. The lowest BCUT2D eigenvalue weighted by Crippen LogP contribution is -2.45. The van der Waals surface area contributed by atoms with Crippen molar-refractivity contribution in [1.29, 1.82) is 0 Å². The van der Waals surface area contributed by atoms with E-state index in [9.17, 15) is 22.8 Å². The fourth-order valence-electron chi connectivity index (χ4n) is 1.80. The third-order valence-corrected chi connectivity index (χ3v) is 3.29. The topological polar surface area (TPSA) is 66.4 Å². The number of carbonyl (C=O) groups excluding carboxylic acids is 1. The number of halogens is 3. The van der Waals surface area contributed by atoms with Crippen LogP contribution in [0.2, 0.25) is 0 Å². The second-order valence-electron chi connectivity index (χ2n) is 5.71. The van der Waals surface area contributed by atoms with Gasteiger partial charge in [-0.1, -0.05) is 44.2 Å². The van der Waals surface area contributed by atoms with Crippen LogP contribution in [0.1, 0.15) is 25.8 Å². The minimum Gasteiger partial charge on any atom is -0.480 e. The Bertz CT molecular complexity index is 527. The van der Waals surface area contributed by atoms with Gasteiger partial charge in [0, 0.05) is 12.8 Å². The molecule has 1 amide bonds. The lowest BCUT2D eigenvalue weighted by atomic mass is 9.88. The highest BCUT2D eigenvalue weighted by Gasteiger charge is 2.48. The summed E-state index contributed by atoms with van der Waals surface area (Å²) in [5.41, 5.74) is -1.54. The van der Waals surface area contributed by atoms with Crippen LogP contribution in [0.25, 0.3) is 0 Å². The van der Waals surface area contributed by atoms with Crippen molar-refractivity contribution in [1.82, 2.24) is 5.32 Å². The second kappa shape index (κ2) is 6.81. The molecule has 1 rings (SSSR count). The summed E-state index contributed by atoms with van der Waals surface area (Å²) >= 11 is 0. The molecule has 122 valence electrons. The summed E-state index contributed by atoms with van der Waals surface area (Å²) in [6.07, 6.45) is -5.36. The molecule has 0 unspecified atom stereocenters. The van der Waals surface area contributed by atoms with Crippen molar-refractivity contribution in [3.05, 3.63) is 35.9 Å². The van der Waals surface area contributed by atoms with Crippen LogP contribution in [0, 0.1) is 5.41 Å². The van der Waals surface area contributed by atoms with E-state index in [2.05, 4.69) is 5.32 Å². The number of nitrogens with one attached hydrogen (secondary N) is 1. The molecular formula is C15H18F3NO3. The van der Waals surface area contributed by atoms with E-state index in [-0.39, 0.29) is 6.42 Å². The first-order valence-electron chi connectivity index (χ1n) is 6.66. The van der Waals surface area contributed by atoms with Gasteiger partial charge in [-0.3, -0.25) is 4.79 Å². The molecule has 0 bridgehead atoms. The number of alkyl halides is 3. The summed E-state index contributed by atoms with van der Waals surface area (Å²) in [6, 6.07) is 7.28. The van der Waals surface area contributed by atoms with Crippen molar-refractivity contribution in [2.24, 2.45) is 5.41 Å². The second-order valence-corrected chi connectivity index (χ2v) is 5.71. The SMILES string of the molecule is CC(C)(CC(=O)N[C@@H](Cc1ccccc1)C(=O)O)C(F)(F)F. The Morgan fingerprint density at radius 2 is 1.73 bits per heavy atom. The van der Waals surface area contributed by atoms with Gasteiger partial charge >= 0.3 is 12.1 Å². The number of rotatable bonds is 6. The van der Waals surface area contributed by atoms with E-state index in [1.165, 1.54) is 0 Å². The molecule has 0 fully saturated rings. The molecule has 0 aliphatic carbocycles. The third kappa shape index (κ3) is 5.05. The van der Waals surface area contributed by atoms with Crippen LogP contribution >= 0.6 is 0 Å². The summed E-state index contributed by atoms with van der Waals surface area (Å²) in [4.78, 5) is 22.9. The lowest BCUT2D eigenvalue weighted by Gasteiger charge is -2.27. The molecule has 4 nitrogen and oxygen atoms in total. The van der Waals surface area contributed by atoms with E-state index in [4.69, 9.17) is 5.11 Å². The average molecular weight is 317 g/mol. The van der Waals surface area contributed by atoms with Crippen LogP contribution in [-0.4, -0.2) is 29.2 Å². The number of carboxylic acids is 1. The standard InChI is InChI=1S/C15H18F3NO3/c1-14(2,15(16,17)18)9-12(20)19-11(13(21)22)8-10-6-4-3-5-7-10/h3-7,11H,8-9H2,1-2H3,(H,19,20)(H,21,22)/t11-/m0/s1. The van der Waals surface area contributed by atoms with Crippen molar-refractivity contribution in [3.63, 3.8) is 0 Å². The number of carbonyl (C=O) groups is 2. The predicted octanol–water partition coefficient (Wildman–Crippen LogP) is 2.78. The normalized spacial score (nSPS) is 13.5. The van der Waals surface area contributed by atoms with Crippen molar-refractivity contribution < 1.29 is 27.9 Å². The van der Waals surface area contributed by atoms with E-state index >= 15 is 0 Å². The maximum absolute atomic E-state index is 12.7. The summed E-state index contributed by atoms with van der Waals surface area (Å²) in [5, 5.41) is 11.3. The van der Waals surface area contributed by atoms with Crippen molar-refractivity contribution >= 4 is 11.9 Å². The molecule has 0 aromatic heterocycles. The number of hydrogen-bond donors (Lipinski definition) is 2. The third-order valence-electron chi connectivity index (χ3n) is 3.29. The first-order chi connectivity index (χ1) is 10.0. The fraction of sp³-hybridized carbons (Fsp3) is 0.467. The van der Waals surface area contributed by atoms with Crippen LogP contribution in [-0.2, 0) is 16.0 Å². The predicted molar refractivity (Wildman–Crippen MR) is 74.2 cm³/mol. The Morgan fingerprint density at radius 3 is 2.18 bits per heavy atom. The van der Waals surface area contributed by atoms with Gasteiger partial charge in [0.15, 0.2) is 0 Å². The van der Waals surface area contributed by atoms with Gasteiger partial charge in [-0.2, -0.15) is 13.2 Å². The molecule has 1 aromatic rings. The van der Waals surface area contributed by atoms with Crippen LogP contribution in [0.5, 0.6) is 0 Å². The first-order valence-corrected chi connectivity index (χ1v) is 6.66. The van der Waals surface area contributed by atoms with Crippen LogP contribution in [0.4, 0.5) is 13.2 Å². The molecule has 0 saturated heterocycles. The maximum Gasteiger partial charge on any atom is 0.394 e. The number of amides is 1. The summed E-state index contributed by atoms with van der Waals surface area (Å²) < 4.78 is 38.2. The van der Waals surface area contributed by atoms with Gasteiger partial charge in [0.2, 0.25) is 5.91 Å². The quantitative estimate of drug-likeness (QED) is 0.848. The smallest absolute Gasteiger partial charge is 0.394 e. The van der Waals surface area contributed by atoms with E-state index in [0.717, 1.165) is 13.8 Å². The zero-order chi connectivity index (χ0) is 17.0. The maximum atomic E-state index is 12.7. The Labute approximate surface area is 126 Å². The zero-order valence-corrected chi connectivity index (χ0v) is 12.3. The Morgan fingerprint density at radius 1 is 1.18 bits per heavy atom. The highest BCUT2D eigenvalue weighted by atomic mass is 19.4. The molecule has 0 spiro atoms. The Kier molecular flexibility index (Phi) is 5.57. The van der Waals surface area contributed by atoms with Crippen molar-refractivity contribution in [2.75, 3.05) is 0 Å². The molecule has 0 aliphatic rings. The molecule has 1 atom stereocenters. The van der Waals surface area contributed by atoms with E-state index < -0.39 is 35.9 Å². The van der Waals surface area contributed by atoms with Crippen molar-refractivity contribution in [3.8, 4) is 0 Å². The first kappa shape index (κ1) is 18.0. The Hall–Kier alpha value is -2.05. The van der Waals surface area contributed by atoms with Crippen LogP contribution in [0.3, 0.4) is 0 Å². The van der Waals surface area contributed by atoms with Gasteiger partial charge in [-0.05, 0) is 5.56 Å².